The summed E-state index contributed by atoms with van der Waals surface area (Å²) in [4.78, 5) is 16.3. The number of halogens is 2. The minimum atomic E-state index is -3.72. The molecule has 20 heavy (non-hydrogen) atoms. The molecule has 0 fully saturated rings. The number of benzene rings is 1. The molecule has 1 aromatic rings. The lowest BCUT2D eigenvalue weighted by Gasteiger charge is -2.07. The van der Waals surface area contributed by atoms with Gasteiger partial charge in [0.1, 0.15) is 11.6 Å². The Hall–Kier alpha value is -2.03. The maximum atomic E-state index is 13.5. The summed E-state index contributed by atoms with van der Waals surface area (Å²) >= 11 is 0. The van der Waals surface area contributed by atoms with Crippen molar-refractivity contribution >= 4 is 21.6 Å². The predicted octanol–water partition coefficient (Wildman–Crippen LogP) is 0.534. The van der Waals surface area contributed by atoms with Crippen LogP contribution in [0.25, 0.3) is 0 Å². The molecule has 0 aromatic heterocycles. The van der Waals surface area contributed by atoms with Crippen LogP contribution < -0.4 is 4.72 Å². The van der Waals surface area contributed by atoms with Gasteiger partial charge >= 0.3 is 0 Å². The van der Waals surface area contributed by atoms with E-state index in [9.17, 15) is 22.0 Å². The van der Waals surface area contributed by atoms with Gasteiger partial charge in [-0.05, 0) is 18.2 Å². The van der Waals surface area contributed by atoms with Crippen LogP contribution in [0.4, 0.5) is 8.78 Å². The first-order chi connectivity index (χ1) is 9.26. The van der Waals surface area contributed by atoms with E-state index in [0.717, 1.165) is 24.5 Å². The number of hydrogen-bond acceptors (Lipinski definition) is 5. The van der Waals surface area contributed by atoms with Crippen molar-refractivity contribution in [1.82, 2.24) is 4.72 Å². The average molecular weight is 304 g/mol. The van der Waals surface area contributed by atoms with Gasteiger partial charge < -0.3 is 4.84 Å². The summed E-state index contributed by atoms with van der Waals surface area (Å²) in [5.74, 6) is -2.28. The fraction of sp³-hybridized carbons (Fsp3) is 0.273. The molecule has 2 rings (SSSR count). The first-order valence-electron chi connectivity index (χ1n) is 5.46. The molecule has 0 saturated carbocycles. The van der Waals surface area contributed by atoms with E-state index in [1.54, 1.807) is 4.72 Å². The Labute approximate surface area is 113 Å². The van der Waals surface area contributed by atoms with Crippen LogP contribution in [-0.4, -0.2) is 32.4 Å². The Morgan fingerprint density at radius 2 is 2.15 bits per heavy atom. The SMILES string of the molecule is CS(=O)(=O)NC(=O)C1CC(c2cc(F)ccc2F)=NO1. The lowest BCUT2D eigenvalue weighted by molar-refractivity contribution is -0.129. The fourth-order valence-corrected chi connectivity index (χ4v) is 2.14. The van der Waals surface area contributed by atoms with Gasteiger partial charge in [-0.3, -0.25) is 4.79 Å². The zero-order valence-corrected chi connectivity index (χ0v) is 11.1. The smallest absolute Gasteiger partial charge is 0.277 e. The van der Waals surface area contributed by atoms with Crippen LogP contribution in [0.3, 0.4) is 0 Å². The van der Waals surface area contributed by atoms with Crippen molar-refractivity contribution in [1.29, 1.82) is 0 Å². The summed E-state index contributed by atoms with van der Waals surface area (Å²) in [6.07, 6.45) is -0.530. The standard InChI is InChI=1S/C11H10F2N2O4S/c1-20(17,18)15-11(16)10-5-9(14-19-10)7-4-6(12)2-3-8(7)13/h2-4,10H,5H2,1H3,(H,15,16). The Bertz CT molecular complexity index is 688. The monoisotopic (exact) mass is 304 g/mol. The molecule has 1 atom stereocenters. The summed E-state index contributed by atoms with van der Waals surface area (Å²) in [6, 6.07) is 2.80. The summed E-state index contributed by atoms with van der Waals surface area (Å²) < 4.78 is 50.1. The molecule has 0 spiro atoms. The summed E-state index contributed by atoms with van der Waals surface area (Å²) in [5.41, 5.74) is -0.0877. The first-order valence-corrected chi connectivity index (χ1v) is 7.35. The highest BCUT2D eigenvalue weighted by molar-refractivity contribution is 7.89. The highest BCUT2D eigenvalue weighted by Crippen LogP contribution is 2.20. The molecular weight excluding hydrogens is 294 g/mol. The fourth-order valence-electron chi connectivity index (χ4n) is 1.64. The molecule has 1 aromatic carbocycles. The molecule has 0 radical (unpaired) electrons. The molecular formula is C11H10F2N2O4S. The Kier molecular flexibility index (Phi) is 3.71. The van der Waals surface area contributed by atoms with Gasteiger partial charge in [-0.1, -0.05) is 5.16 Å². The van der Waals surface area contributed by atoms with Crippen LogP contribution in [0.5, 0.6) is 0 Å². The van der Waals surface area contributed by atoms with E-state index in [2.05, 4.69) is 5.16 Å². The molecule has 0 aliphatic carbocycles. The zero-order valence-electron chi connectivity index (χ0n) is 10.3. The second-order valence-electron chi connectivity index (χ2n) is 4.20. The van der Waals surface area contributed by atoms with E-state index in [-0.39, 0.29) is 17.7 Å². The minimum absolute atomic E-state index is 0.0376. The summed E-state index contributed by atoms with van der Waals surface area (Å²) in [7, 11) is -3.72. The van der Waals surface area contributed by atoms with Gasteiger partial charge in [-0.2, -0.15) is 0 Å². The van der Waals surface area contributed by atoms with Crippen LogP contribution >= 0.6 is 0 Å². The van der Waals surface area contributed by atoms with Crippen molar-refractivity contribution in [2.75, 3.05) is 6.26 Å². The Morgan fingerprint density at radius 1 is 1.45 bits per heavy atom. The molecule has 1 aliphatic heterocycles. The van der Waals surface area contributed by atoms with Gasteiger partial charge in [0.15, 0.2) is 0 Å². The quantitative estimate of drug-likeness (QED) is 0.883. The average Bonchev–Trinajstić information content (AvgIpc) is 2.79. The van der Waals surface area contributed by atoms with Crippen LogP contribution in [0.15, 0.2) is 23.4 Å². The molecule has 1 aliphatic rings. The molecule has 0 bridgehead atoms. The van der Waals surface area contributed by atoms with Gasteiger partial charge in [0.05, 0.1) is 12.0 Å². The third kappa shape index (κ3) is 3.29. The van der Waals surface area contributed by atoms with Gasteiger partial charge in [0, 0.05) is 12.0 Å². The van der Waals surface area contributed by atoms with E-state index in [1.165, 1.54) is 0 Å². The van der Waals surface area contributed by atoms with Crippen molar-refractivity contribution < 1.29 is 26.8 Å². The molecule has 1 heterocycles. The molecule has 0 saturated heterocycles. The van der Waals surface area contributed by atoms with Gasteiger partial charge in [-0.15, -0.1) is 0 Å². The second kappa shape index (κ2) is 5.16. The van der Waals surface area contributed by atoms with E-state index < -0.39 is 33.7 Å². The van der Waals surface area contributed by atoms with E-state index in [4.69, 9.17) is 4.84 Å². The van der Waals surface area contributed by atoms with E-state index in [0.29, 0.717) is 0 Å². The number of carbonyl (C=O) groups excluding carboxylic acids is 1. The first kappa shape index (κ1) is 14.4. The Balaban J connectivity index is 2.12. The molecule has 108 valence electrons. The van der Waals surface area contributed by atoms with Crippen LogP contribution in [0, 0.1) is 11.6 Å². The van der Waals surface area contributed by atoms with Crippen molar-refractivity contribution in [2.24, 2.45) is 5.16 Å². The topological polar surface area (TPSA) is 84.8 Å². The van der Waals surface area contributed by atoms with Crippen LogP contribution in [0.2, 0.25) is 0 Å². The molecule has 6 nitrogen and oxygen atoms in total. The predicted molar refractivity (Wildman–Crippen MR) is 65.4 cm³/mol. The molecule has 1 unspecified atom stereocenters. The van der Waals surface area contributed by atoms with E-state index in [1.807, 2.05) is 0 Å². The highest BCUT2D eigenvalue weighted by atomic mass is 32.2. The number of oxime groups is 1. The summed E-state index contributed by atoms with van der Waals surface area (Å²) in [6.45, 7) is 0. The van der Waals surface area contributed by atoms with Gasteiger partial charge in [-0.25, -0.2) is 21.9 Å². The third-order valence-electron chi connectivity index (χ3n) is 2.49. The number of nitrogens with zero attached hydrogens (tertiary/aromatic N) is 1. The molecule has 1 amide bonds. The lowest BCUT2D eigenvalue weighted by atomic mass is 10.0. The number of carbonyl (C=O) groups is 1. The highest BCUT2D eigenvalue weighted by Gasteiger charge is 2.31. The Morgan fingerprint density at radius 3 is 2.80 bits per heavy atom. The zero-order chi connectivity index (χ0) is 14.9. The van der Waals surface area contributed by atoms with Crippen molar-refractivity contribution in [3.63, 3.8) is 0 Å². The molecule has 9 heteroatoms. The lowest BCUT2D eigenvalue weighted by Crippen LogP contribution is -2.38. The third-order valence-corrected chi connectivity index (χ3v) is 3.06. The van der Waals surface area contributed by atoms with Crippen molar-refractivity contribution in [3.8, 4) is 0 Å². The second-order valence-corrected chi connectivity index (χ2v) is 5.95. The van der Waals surface area contributed by atoms with Crippen molar-refractivity contribution in [3.05, 3.63) is 35.4 Å². The number of nitrogens with one attached hydrogen (secondary N) is 1. The van der Waals surface area contributed by atoms with Crippen LogP contribution in [-0.2, 0) is 19.7 Å². The number of hydrogen-bond donors (Lipinski definition) is 1. The number of rotatable bonds is 3. The van der Waals surface area contributed by atoms with E-state index >= 15 is 0 Å². The van der Waals surface area contributed by atoms with Crippen molar-refractivity contribution in [2.45, 2.75) is 12.5 Å². The maximum absolute atomic E-state index is 13.5. The normalized spacial score (nSPS) is 18.4. The largest absolute Gasteiger partial charge is 0.382 e. The van der Waals surface area contributed by atoms with Crippen LogP contribution in [0.1, 0.15) is 12.0 Å². The number of sulfonamides is 1. The minimum Gasteiger partial charge on any atom is -0.382 e. The molecule has 1 N–H and O–H groups in total. The summed E-state index contributed by atoms with van der Waals surface area (Å²) in [5, 5.41) is 3.49. The number of amides is 1. The van der Waals surface area contributed by atoms with Gasteiger partial charge in [0.25, 0.3) is 5.91 Å². The van der Waals surface area contributed by atoms with Gasteiger partial charge in [0.2, 0.25) is 16.1 Å². The maximum Gasteiger partial charge on any atom is 0.277 e.